The lowest BCUT2D eigenvalue weighted by Crippen LogP contribution is -2.44. The number of imide groups is 1. The Balaban J connectivity index is 1.86. The molecule has 4 rings (SSSR count). The Kier molecular flexibility index (Phi) is 3.95. The molecule has 2 saturated heterocycles. The molecule has 1 aromatic carbocycles. The number of benzene rings is 1. The molecule has 0 spiro atoms. The summed E-state index contributed by atoms with van der Waals surface area (Å²) in [6.07, 6.45) is 2.58. The van der Waals surface area contributed by atoms with E-state index >= 15 is 0 Å². The molecule has 3 heterocycles. The minimum atomic E-state index is -0.634. The third-order valence-corrected chi connectivity index (χ3v) is 5.37. The molecule has 0 saturated carbocycles. The fourth-order valence-electron chi connectivity index (χ4n) is 4.09. The van der Waals surface area contributed by atoms with Crippen molar-refractivity contribution in [3.05, 3.63) is 39.6 Å². The van der Waals surface area contributed by atoms with Crippen LogP contribution in [-0.2, 0) is 16.6 Å². The number of hydrogen-bond acceptors (Lipinski definition) is 3. The zero-order valence-corrected chi connectivity index (χ0v) is 14.2. The smallest absolute Gasteiger partial charge is 0.329 e. The number of imidazole rings is 1. The first-order valence-corrected chi connectivity index (χ1v) is 8.74. The maximum atomic E-state index is 12.9. The number of para-hydroxylation sites is 1. The second kappa shape index (κ2) is 6.15. The Morgan fingerprint density at radius 3 is 2.60 bits per heavy atom. The molecular weight excluding hydrogens is 320 g/mol. The highest BCUT2D eigenvalue weighted by molar-refractivity contribution is 6.00. The van der Waals surface area contributed by atoms with Gasteiger partial charge in [0.25, 0.3) is 0 Å². The van der Waals surface area contributed by atoms with Crippen molar-refractivity contribution in [2.45, 2.75) is 37.6 Å². The van der Waals surface area contributed by atoms with Crippen LogP contribution in [0.4, 0.5) is 0 Å². The average Bonchev–Trinajstić information content (AvgIpc) is 2.87. The Morgan fingerprint density at radius 2 is 1.88 bits per heavy atom. The molecule has 1 atom stereocenters. The summed E-state index contributed by atoms with van der Waals surface area (Å²) in [6.45, 7) is 1.70. The predicted octanol–water partition coefficient (Wildman–Crippen LogP) is 1.57. The number of nitrogens with zero attached hydrogens (tertiary/aromatic N) is 3. The topological polar surface area (TPSA) is 87.2 Å². The van der Waals surface area contributed by atoms with Crippen LogP contribution in [0.5, 0.6) is 0 Å². The first kappa shape index (κ1) is 16.1. The Morgan fingerprint density at radius 1 is 1.12 bits per heavy atom. The molecule has 0 radical (unpaired) electrons. The van der Waals surface area contributed by atoms with Crippen LogP contribution >= 0.6 is 0 Å². The summed E-state index contributed by atoms with van der Waals surface area (Å²) in [5.74, 6) is -0.293. The SMILES string of the molecule is Cn1c(=O)n(C2CCC(=O)NC2=O)c2cccc(C3CC[N-]CC3)c21. The van der Waals surface area contributed by atoms with Gasteiger partial charge in [-0.05, 0) is 24.0 Å². The summed E-state index contributed by atoms with van der Waals surface area (Å²) in [5, 5.41) is 6.76. The average molecular weight is 341 g/mol. The number of aromatic nitrogens is 2. The zero-order chi connectivity index (χ0) is 17.6. The number of piperidine rings is 2. The van der Waals surface area contributed by atoms with E-state index < -0.39 is 11.9 Å². The highest BCUT2D eigenvalue weighted by atomic mass is 16.2. The molecule has 0 bridgehead atoms. The predicted molar refractivity (Wildman–Crippen MR) is 93.7 cm³/mol. The number of carbonyl (C=O) groups is 2. The van der Waals surface area contributed by atoms with Gasteiger partial charge in [-0.25, -0.2) is 4.79 Å². The number of amides is 2. The molecule has 2 aliphatic rings. The molecule has 2 aliphatic heterocycles. The van der Waals surface area contributed by atoms with E-state index in [0.29, 0.717) is 12.3 Å². The Labute approximate surface area is 145 Å². The standard InChI is InChI=1S/C18H21N4O3/c1-21-16-12(11-7-9-19-10-8-11)3-2-4-13(16)22(18(21)25)14-5-6-15(23)20-17(14)24/h2-4,11,14H,5-10H2,1H3,(H,20,23,24)/q-1. The second-order valence-electron chi connectivity index (χ2n) is 6.84. The third-order valence-electron chi connectivity index (χ3n) is 5.37. The highest BCUT2D eigenvalue weighted by Gasteiger charge is 2.32. The number of rotatable bonds is 2. The van der Waals surface area contributed by atoms with Gasteiger partial charge in [0.1, 0.15) is 6.04 Å². The minimum absolute atomic E-state index is 0.211. The van der Waals surface area contributed by atoms with Gasteiger partial charge in [-0.15, -0.1) is 13.1 Å². The monoisotopic (exact) mass is 341 g/mol. The van der Waals surface area contributed by atoms with Crippen LogP contribution in [0.3, 0.4) is 0 Å². The molecule has 7 nitrogen and oxygen atoms in total. The summed E-state index contributed by atoms with van der Waals surface area (Å²) in [5.41, 5.74) is 2.60. The van der Waals surface area contributed by atoms with Crippen LogP contribution in [0.2, 0.25) is 0 Å². The van der Waals surface area contributed by atoms with E-state index in [1.807, 2.05) is 12.1 Å². The maximum absolute atomic E-state index is 12.9. The van der Waals surface area contributed by atoms with Gasteiger partial charge in [0.15, 0.2) is 0 Å². The largest absolute Gasteiger partial charge is 0.662 e. The molecule has 2 aromatic rings. The van der Waals surface area contributed by atoms with Gasteiger partial charge in [0.05, 0.1) is 11.0 Å². The fourth-order valence-corrected chi connectivity index (χ4v) is 4.09. The van der Waals surface area contributed by atoms with Crippen molar-refractivity contribution < 1.29 is 9.59 Å². The van der Waals surface area contributed by atoms with Gasteiger partial charge in [0, 0.05) is 13.5 Å². The van der Waals surface area contributed by atoms with Crippen molar-refractivity contribution in [2.75, 3.05) is 13.1 Å². The van der Waals surface area contributed by atoms with E-state index in [-0.39, 0.29) is 18.0 Å². The van der Waals surface area contributed by atoms with Gasteiger partial charge >= 0.3 is 5.69 Å². The summed E-state index contributed by atoms with van der Waals surface area (Å²) in [6, 6.07) is 5.28. The lowest BCUT2D eigenvalue weighted by Gasteiger charge is -2.32. The molecular formula is C18H21N4O3-. The number of fused-ring (bicyclic) bond motifs is 1. The molecule has 2 fully saturated rings. The van der Waals surface area contributed by atoms with Gasteiger partial charge in [-0.2, -0.15) is 0 Å². The third kappa shape index (κ3) is 2.59. The first-order valence-electron chi connectivity index (χ1n) is 8.74. The minimum Gasteiger partial charge on any atom is -0.662 e. The van der Waals surface area contributed by atoms with E-state index in [4.69, 9.17) is 0 Å². The van der Waals surface area contributed by atoms with Crippen molar-refractivity contribution in [2.24, 2.45) is 7.05 Å². The van der Waals surface area contributed by atoms with Crippen LogP contribution in [-0.4, -0.2) is 34.0 Å². The van der Waals surface area contributed by atoms with Crippen LogP contribution in [0.1, 0.15) is 43.2 Å². The van der Waals surface area contributed by atoms with E-state index in [1.54, 1.807) is 16.2 Å². The number of carbonyl (C=O) groups excluding carboxylic acids is 2. The Hall–Kier alpha value is -2.41. The van der Waals surface area contributed by atoms with Crippen LogP contribution < -0.4 is 11.0 Å². The van der Waals surface area contributed by atoms with Gasteiger partial charge in [-0.1, -0.05) is 25.0 Å². The van der Waals surface area contributed by atoms with Gasteiger partial charge in [0.2, 0.25) is 11.8 Å². The van der Waals surface area contributed by atoms with E-state index in [2.05, 4.69) is 16.7 Å². The molecule has 7 heteroatoms. The van der Waals surface area contributed by atoms with Gasteiger partial charge in [-0.3, -0.25) is 24.0 Å². The Bertz CT molecular complexity index is 905. The van der Waals surface area contributed by atoms with Crippen LogP contribution in [0, 0.1) is 0 Å². The molecule has 25 heavy (non-hydrogen) atoms. The molecule has 0 aliphatic carbocycles. The van der Waals surface area contributed by atoms with E-state index in [0.717, 1.165) is 42.5 Å². The van der Waals surface area contributed by atoms with E-state index in [9.17, 15) is 14.4 Å². The summed E-state index contributed by atoms with van der Waals surface area (Å²) in [7, 11) is 1.75. The molecule has 2 amide bonds. The molecule has 132 valence electrons. The van der Waals surface area contributed by atoms with E-state index in [1.165, 1.54) is 0 Å². The number of hydrogen-bond donors (Lipinski definition) is 1. The van der Waals surface area contributed by atoms with Crippen LogP contribution in [0.25, 0.3) is 16.4 Å². The summed E-state index contributed by atoms with van der Waals surface area (Å²) in [4.78, 5) is 36.6. The molecule has 1 unspecified atom stereocenters. The molecule has 1 N–H and O–H groups in total. The maximum Gasteiger partial charge on any atom is 0.329 e. The number of nitrogens with one attached hydrogen (secondary N) is 1. The second-order valence-corrected chi connectivity index (χ2v) is 6.84. The number of aryl methyl sites for hydroxylation is 1. The van der Waals surface area contributed by atoms with Crippen molar-refractivity contribution in [3.63, 3.8) is 0 Å². The quantitative estimate of drug-likeness (QED) is 0.841. The van der Waals surface area contributed by atoms with Gasteiger partial charge < -0.3 is 5.32 Å². The zero-order valence-electron chi connectivity index (χ0n) is 14.2. The summed E-state index contributed by atoms with van der Waals surface area (Å²) < 4.78 is 3.19. The van der Waals surface area contributed by atoms with Crippen molar-refractivity contribution in [1.82, 2.24) is 14.5 Å². The summed E-state index contributed by atoms with van der Waals surface area (Å²) >= 11 is 0. The van der Waals surface area contributed by atoms with Crippen LogP contribution in [0.15, 0.2) is 23.0 Å². The fraction of sp³-hybridized carbons (Fsp3) is 0.500. The van der Waals surface area contributed by atoms with Crippen molar-refractivity contribution in [3.8, 4) is 0 Å². The normalized spacial score (nSPS) is 22.4. The van der Waals surface area contributed by atoms with Crippen molar-refractivity contribution in [1.29, 1.82) is 0 Å². The highest BCUT2D eigenvalue weighted by Crippen LogP contribution is 2.34. The molecule has 1 aromatic heterocycles. The van der Waals surface area contributed by atoms with Crippen molar-refractivity contribution >= 4 is 22.8 Å². The lowest BCUT2D eigenvalue weighted by molar-refractivity contribution is -0.135. The lowest BCUT2D eigenvalue weighted by atomic mass is 9.89. The first-order chi connectivity index (χ1) is 12.1.